The van der Waals surface area contributed by atoms with Crippen molar-refractivity contribution in [3.63, 3.8) is 0 Å². The number of nitriles is 1. The lowest BCUT2D eigenvalue weighted by Crippen LogP contribution is -2.30. The number of nitrogens with two attached hydrogens (primary N) is 1. The number of nitrogen functional groups attached to an aromatic ring is 1. The number of carbonyl (C=O) groups is 1. The van der Waals surface area contributed by atoms with Crippen molar-refractivity contribution in [2.75, 3.05) is 11.1 Å². The van der Waals surface area contributed by atoms with E-state index in [1.807, 2.05) is 13.0 Å². The van der Waals surface area contributed by atoms with E-state index >= 15 is 0 Å². The second-order valence-corrected chi connectivity index (χ2v) is 4.88. The Balaban J connectivity index is 2.10. The molecular weight excluding hydrogens is 278 g/mol. The molecule has 3 N–H and O–H groups in total. The summed E-state index contributed by atoms with van der Waals surface area (Å²) in [5.74, 6) is 0.0818. The number of ether oxygens (including phenoxy) is 1. The lowest BCUT2D eigenvalue weighted by molar-refractivity contribution is -0.122. The van der Waals surface area contributed by atoms with E-state index < -0.39 is 6.10 Å². The van der Waals surface area contributed by atoms with Crippen LogP contribution in [-0.2, 0) is 4.79 Å². The Bertz CT molecular complexity index is 735. The average Bonchev–Trinajstić information content (AvgIpc) is 2.52. The van der Waals surface area contributed by atoms with Crippen molar-refractivity contribution < 1.29 is 9.53 Å². The summed E-state index contributed by atoms with van der Waals surface area (Å²) in [5, 5.41) is 11.8. The van der Waals surface area contributed by atoms with Gasteiger partial charge < -0.3 is 15.8 Å². The van der Waals surface area contributed by atoms with Gasteiger partial charge in [-0.3, -0.25) is 4.79 Å². The molecule has 5 nitrogen and oxygen atoms in total. The zero-order chi connectivity index (χ0) is 16.1. The van der Waals surface area contributed by atoms with E-state index in [2.05, 4.69) is 5.32 Å². The third kappa shape index (κ3) is 3.36. The third-order valence-electron chi connectivity index (χ3n) is 3.31. The normalized spacial score (nSPS) is 11.3. The number of para-hydroxylation sites is 1. The molecule has 5 heteroatoms. The molecule has 22 heavy (non-hydrogen) atoms. The molecule has 1 atom stereocenters. The topological polar surface area (TPSA) is 88.1 Å². The number of carbonyl (C=O) groups excluding carboxylic acids is 1. The molecule has 2 aromatic carbocycles. The Morgan fingerprint density at radius 1 is 1.27 bits per heavy atom. The molecule has 0 aliphatic heterocycles. The van der Waals surface area contributed by atoms with E-state index in [-0.39, 0.29) is 5.91 Å². The summed E-state index contributed by atoms with van der Waals surface area (Å²) in [5.41, 5.74) is 8.27. The Kier molecular flexibility index (Phi) is 4.64. The van der Waals surface area contributed by atoms with Crippen molar-refractivity contribution in [3.8, 4) is 11.8 Å². The van der Waals surface area contributed by atoms with E-state index in [4.69, 9.17) is 15.7 Å². The second-order valence-electron chi connectivity index (χ2n) is 4.88. The smallest absolute Gasteiger partial charge is 0.265 e. The lowest BCUT2D eigenvalue weighted by atomic mass is 10.1. The van der Waals surface area contributed by atoms with Crippen LogP contribution >= 0.6 is 0 Å². The van der Waals surface area contributed by atoms with Gasteiger partial charge >= 0.3 is 0 Å². The number of rotatable bonds is 4. The first-order chi connectivity index (χ1) is 10.5. The summed E-state index contributed by atoms with van der Waals surface area (Å²) < 4.78 is 5.57. The molecular formula is C17H17N3O2. The van der Waals surface area contributed by atoms with Crippen LogP contribution in [0.15, 0.2) is 42.5 Å². The zero-order valence-corrected chi connectivity index (χ0v) is 12.5. The second kappa shape index (κ2) is 6.64. The molecule has 0 aliphatic rings. The minimum Gasteiger partial charge on any atom is -0.480 e. The molecule has 2 aromatic rings. The van der Waals surface area contributed by atoms with Gasteiger partial charge in [-0.25, -0.2) is 0 Å². The van der Waals surface area contributed by atoms with Crippen molar-refractivity contribution in [2.45, 2.75) is 20.0 Å². The van der Waals surface area contributed by atoms with Gasteiger partial charge in [0.15, 0.2) is 6.10 Å². The van der Waals surface area contributed by atoms with Crippen LogP contribution in [-0.4, -0.2) is 12.0 Å². The summed E-state index contributed by atoms with van der Waals surface area (Å²) in [7, 11) is 0. The maximum atomic E-state index is 12.2. The number of amides is 1. The fourth-order valence-corrected chi connectivity index (χ4v) is 1.93. The maximum absolute atomic E-state index is 12.2. The van der Waals surface area contributed by atoms with E-state index in [0.29, 0.717) is 22.7 Å². The molecule has 0 aliphatic carbocycles. The molecule has 0 saturated carbocycles. The van der Waals surface area contributed by atoms with Gasteiger partial charge in [0, 0.05) is 11.4 Å². The van der Waals surface area contributed by atoms with Gasteiger partial charge in [-0.15, -0.1) is 0 Å². The molecule has 0 bridgehead atoms. The molecule has 0 radical (unpaired) electrons. The quantitative estimate of drug-likeness (QED) is 0.849. The summed E-state index contributed by atoms with van der Waals surface area (Å²) in [6.07, 6.45) is -0.740. The van der Waals surface area contributed by atoms with Crippen LogP contribution in [0.25, 0.3) is 0 Å². The zero-order valence-electron chi connectivity index (χ0n) is 12.5. The molecule has 0 fully saturated rings. The minimum absolute atomic E-state index is 0.304. The van der Waals surface area contributed by atoms with Gasteiger partial charge in [-0.05, 0) is 43.7 Å². The number of hydrogen-bond donors (Lipinski definition) is 2. The van der Waals surface area contributed by atoms with Crippen LogP contribution in [0.3, 0.4) is 0 Å². The predicted octanol–water partition coefficient (Wildman–Crippen LogP) is 2.85. The number of nitrogens with zero attached hydrogens (tertiary/aromatic N) is 1. The van der Waals surface area contributed by atoms with Gasteiger partial charge in [0.05, 0.1) is 5.56 Å². The molecule has 0 heterocycles. The maximum Gasteiger partial charge on any atom is 0.265 e. The van der Waals surface area contributed by atoms with Crippen LogP contribution in [0.4, 0.5) is 11.4 Å². The fourth-order valence-electron chi connectivity index (χ4n) is 1.93. The van der Waals surface area contributed by atoms with Crippen molar-refractivity contribution in [1.82, 2.24) is 0 Å². The Labute approximate surface area is 129 Å². The van der Waals surface area contributed by atoms with E-state index in [0.717, 1.165) is 5.56 Å². The number of benzene rings is 2. The summed E-state index contributed by atoms with van der Waals surface area (Å²) in [6.45, 7) is 3.46. The standard InChI is InChI=1S/C17H17N3O2/c1-11-14(19)7-5-8-15(11)20-17(21)12(2)22-16-9-4-3-6-13(16)10-18/h3-9,12H,19H2,1-2H3,(H,20,21). The van der Waals surface area contributed by atoms with Crippen molar-refractivity contribution in [1.29, 1.82) is 5.26 Å². The average molecular weight is 295 g/mol. The fraction of sp³-hybridized carbons (Fsp3) is 0.176. The highest BCUT2D eigenvalue weighted by Gasteiger charge is 2.17. The van der Waals surface area contributed by atoms with Crippen LogP contribution in [0, 0.1) is 18.3 Å². The molecule has 1 amide bonds. The summed E-state index contributed by atoms with van der Waals surface area (Å²) in [6, 6.07) is 14.2. The molecule has 0 spiro atoms. The Morgan fingerprint density at radius 3 is 2.73 bits per heavy atom. The molecule has 0 aromatic heterocycles. The SMILES string of the molecule is Cc1c(N)cccc1NC(=O)C(C)Oc1ccccc1C#N. The molecule has 112 valence electrons. The van der Waals surface area contributed by atoms with E-state index in [9.17, 15) is 4.79 Å². The lowest BCUT2D eigenvalue weighted by Gasteiger charge is -2.16. The highest BCUT2D eigenvalue weighted by molar-refractivity contribution is 5.95. The number of nitrogens with one attached hydrogen (secondary N) is 1. The van der Waals surface area contributed by atoms with Crippen molar-refractivity contribution in [3.05, 3.63) is 53.6 Å². The van der Waals surface area contributed by atoms with E-state index in [1.54, 1.807) is 49.4 Å². The molecule has 1 unspecified atom stereocenters. The highest BCUT2D eigenvalue weighted by Crippen LogP contribution is 2.22. The minimum atomic E-state index is -0.740. The van der Waals surface area contributed by atoms with Gasteiger partial charge in [-0.1, -0.05) is 18.2 Å². The highest BCUT2D eigenvalue weighted by atomic mass is 16.5. The number of anilines is 2. The van der Waals surface area contributed by atoms with Crippen molar-refractivity contribution in [2.24, 2.45) is 0 Å². The van der Waals surface area contributed by atoms with E-state index in [1.165, 1.54) is 0 Å². The van der Waals surface area contributed by atoms with Crippen LogP contribution in [0.2, 0.25) is 0 Å². The largest absolute Gasteiger partial charge is 0.480 e. The van der Waals surface area contributed by atoms with Gasteiger partial charge in [0.1, 0.15) is 11.8 Å². The van der Waals surface area contributed by atoms with Gasteiger partial charge in [0.25, 0.3) is 5.91 Å². The molecule has 0 saturated heterocycles. The summed E-state index contributed by atoms with van der Waals surface area (Å²) >= 11 is 0. The third-order valence-corrected chi connectivity index (χ3v) is 3.31. The Morgan fingerprint density at radius 2 is 2.00 bits per heavy atom. The van der Waals surface area contributed by atoms with Crippen LogP contribution in [0.5, 0.6) is 5.75 Å². The predicted molar refractivity (Wildman–Crippen MR) is 85.5 cm³/mol. The van der Waals surface area contributed by atoms with Crippen molar-refractivity contribution >= 4 is 17.3 Å². The molecule has 2 rings (SSSR count). The monoisotopic (exact) mass is 295 g/mol. The van der Waals surface area contributed by atoms with Gasteiger partial charge in [-0.2, -0.15) is 5.26 Å². The first-order valence-corrected chi connectivity index (χ1v) is 6.84. The summed E-state index contributed by atoms with van der Waals surface area (Å²) in [4.78, 5) is 12.2. The van der Waals surface area contributed by atoms with Gasteiger partial charge in [0.2, 0.25) is 0 Å². The van der Waals surface area contributed by atoms with Crippen LogP contribution in [0.1, 0.15) is 18.1 Å². The van der Waals surface area contributed by atoms with Crippen LogP contribution < -0.4 is 15.8 Å². The number of hydrogen-bond acceptors (Lipinski definition) is 4. The first kappa shape index (κ1) is 15.4. The Hall–Kier alpha value is -3.00. The first-order valence-electron chi connectivity index (χ1n) is 6.84.